The van der Waals surface area contributed by atoms with Gasteiger partial charge in [-0.15, -0.1) is 0 Å². The van der Waals surface area contributed by atoms with Gasteiger partial charge in [-0.3, -0.25) is 14.5 Å². The Labute approximate surface area is 228 Å². The lowest BCUT2D eigenvalue weighted by molar-refractivity contribution is -0.141. The largest absolute Gasteiger partial charge is 0.478 e. The molecular weight excluding hydrogens is 502 g/mol. The average molecular weight is 540 g/mol. The number of carboxylic acids is 1. The van der Waals surface area contributed by atoms with Crippen molar-refractivity contribution in [1.82, 2.24) is 20.0 Å². The number of nitrogens with one attached hydrogen (secondary N) is 1. The van der Waals surface area contributed by atoms with Crippen molar-refractivity contribution in [3.8, 4) is 6.07 Å². The third-order valence-electron chi connectivity index (χ3n) is 7.70. The van der Waals surface area contributed by atoms with Crippen molar-refractivity contribution in [2.75, 3.05) is 19.6 Å². The normalized spacial score (nSPS) is 26.3. The number of piperazine rings is 1. The van der Waals surface area contributed by atoms with E-state index in [-0.39, 0.29) is 41.9 Å². The van der Waals surface area contributed by atoms with Crippen LogP contribution in [0.1, 0.15) is 69.4 Å². The molecule has 2 bridgehead atoms. The SMILES string of the molecule is CC1CC(C#N)N(C(=O)C(CN2C[C@@H]3CC2C(=O)N3[C@@H](C)c2cccc(C(=O)O)c2)NC(=O)OC(C)(C)C)C1. The van der Waals surface area contributed by atoms with Gasteiger partial charge in [-0.1, -0.05) is 19.1 Å². The smallest absolute Gasteiger partial charge is 0.408 e. The van der Waals surface area contributed by atoms with Gasteiger partial charge in [0.25, 0.3) is 0 Å². The van der Waals surface area contributed by atoms with Crippen molar-refractivity contribution in [2.24, 2.45) is 5.92 Å². The van der Waals surface area contributed by atoms with E-state index in [1.54, 1.807) is 37.8 Å². The molecule has 4 unspecified atom stereocenters. The summed E-state index contributed by atoms with van der Waals surface area (Å²) in [6, 6.07) is 6.37. The number of amides is 3. The maximum absolute atomic E-state index is 13.6. The van der Waals surface area contributed by atoms with E-state index >= 15 is 0 Å². The Kier molecular flexibility index (Phi) is 7.89. The van der Waals surface area contributed by atoms with Crippen LogP contribution in [0.25, 0.3) is 0 Å². The second-order valence-electron chi connectivity index (χ2n) is 11.9. The lowest BCUT2D eigenvalue weighted by atomic mass is 10.0. The first-order chi connectivity index (χ1) is 18.3. The van der Waals surface area contributed by atoms with Crippen LogP contribution in [0, 0.1) is 17.2 Å². The van der Waals surface area contributed by atoms with E-state index in [4.69, 9.17) is 4.74 Å². The van der Waals surface area contributed by atoms with Crippen LogP contribution < -0.4 is 5.32 Å². The summed E-state index contributed by atoms with van der Waals surface area (Å²) >= 11 is 0. The maximum Gasteiger partial charge on any atom is 0.408 e. The van der Waals surface area contributed by atoms with Gasteiger partial charge in [0.2, 0.25) is 11.8 Å². The van der Waals surface area contributed by atoms with Crippen molar-refractivity contribution in [3.05, 3.63) is 35.4 Å². The van der Waals surface area contributed by atoms with Crippen molar-refractivity contribution >= 4 is 23.9 Å². The number of carbonyl (C=O) groups is 4. The number of nitriles is 1. The van der Waals surface area contributed by atoms with Gasteiger partial charge in [-0.25, -0.2) is 9.59 Å². The summed E-state index contributed by atoms with van der Waals surface area (Å²) in [5.74, 6) is -1.31. The number of likely N-dealkylation sites (tertiary alicyclic amines) is 3. The minimum absolute atomic E-state index is 0.0901. The molecule has 11 nitrogen and oxygen atoms in total. The predicted octanol–water partition coefficient (Wildman–Crippen LogP) is 2.38. The number of benzene rings is 1. The molecule has 0 aliphatic carbocycles. The number of hydrogen-bond donors (Lipinski definition) is 2. The van der Waals surface area contributed by atoms with Crippen LogP contribution in [0.2, 0.25) is 0 Å². The van der Waals surface area contributed by atoms with Gasteiger partial charge in [0.1, 0.15) is 17.7 Å². The number of hydrogen-bond acceptors (Lipinski definition) is 7. The van der Waals surface area contributed by atoms with Crippen LogP contribution in [-0.4, -0.2) is 93.1 Å². The van der Waals surface area contributed by atoms with E-state index in [1.807, 2.05) is 24.8 Å². The Balaban J connectivity index is 1.50. The zero-order chi connectivity index (χ0) is 28.6. The zero-order valence-corrected chi connectivity index (χ0v) is 23.1. The molecule has 0 aromatic heterocycles. The highest BCUT2D eigenvalue weighted by Crippen LogP contribution is 2.38. The van der Waals surface area contributed by atoms with E-state index in [1.165, 1.54) is 11.0 Å². The van der Waals surface area contributed by atoms with E-state index in [0.717, 1.165) is 5.56 Å². The zero-order valence-electron chi connectivity index (χ0n) is 23.1. The summed E-state index contributed by atoms with van der Waals surface area (Å²) in [6.45, 7) is 10.1. The first-order valence-corrected chi connectivity index (χ1v) is 13.4. The van der Waals surface area contributed by atoms with Crippen LogP contribution in [0.3, 0.4) is 0 Å². The molecule has 3 fully saturated rings. The van der Waals surface area contributed by atoms with Gasteiger partial charge in [0.15, 0.2) is 0 Å². The molecule has 1 aromatic carbocycles. The number of nitrogens with zero attached hydrogens (tertiary/aromatic N) is 4. The van der Waals surface area contributed by atoms with Gasteiger partial charge in [0.05, 0.1) is 23.7 Å². The fourth-order valence-electron chi connectivity index (χ4n) is 5.97. The number of rotatable bonds is 7. The summed E-state index contributed by atoms with van der Waals surface area (Å²) in [6.07, 6.45) is 0.423. The van der Waals surface area contributed by atoms with E-state index in [2.05, 4.69) is 11.4 Å². The maximum atomic E-state index is 13.6. The molecule has 3 aliphatic rings. The molecule has 6 atom stereocenters. The number of fused-ring (bicyclic) bond motifs is 2. The Morgan fingerprint density at radius 1 is 1.23 bits per heavy atom. The molecule has 3 heterocycles. The molecule has 3 amide bonds. The van der Waals surface area contributed by atoms with Crippen LogP contribution >= 0.6 is 0 Å². The standard InChI is InChI=1S/C28H37N5O6/c1-16-9-20(12-29)32(13-16)24(34)22(30-27(38)39-28(3,4)5)15-31-14-21-11-23(31)25(35)33(21)17(2)18-7-6-8-19(10-18)26(36)37/h6-8,10,16-17,20-23H,9,11,13-15H2,1-5H3,(H,30,38)(H,36,37)/t16?,17-,20?,21-,22?,23?/m0/s1. The van der Waals surface area contributed by atoms with Gasteiger partial charge >= 0.3 is 12.1 Å². The van der Waals surface area contributed by atoms with Crippen molar-refractivity contribution in [3.63, 3.8) is 0 Å². The molecule has 39 heavy (non-hydrogen) atoms. The Bertz CT molecular complexity index is 1190. The Morgan fingerprint density at radius 2 is 1.95 bits per heavy atom. The summed E-state index contributed by atoms with van der Waals surface area (Å²) in [5, 5.41) is 21.7. The highest BCUT2D eigenvalue weighted by Gasteiger charge is 2.52. The molecule has 0 radical (unpaired) electrons. The monoisotopic (exact) mass is 539 g/mol. The molecule has 2 N–H and O–H groups in total. The number of aromatic carboxylic acids is 1. The van der Waals surface area contributed by atoms with Crippen molar-refractivity contribution < 1.29 is 29.0 Å². The van der Waals surface area contributed by atoms with E-state index in [9.17, 15) is 29.5 Å². The third-order valence-corrected chi connectivity index (χ3v) is 7.70. The number of carbonyl (C=O) groups excluding carboxylic acids is 3. The first-order valence-electron chi connectivity index (χ1n) is 13.4. The molecule has 210 valence electrons. The van der Waals surface area contributed by atoms with E-state index in [0.29, 0.717) is 25.9 Å². The Morgan fingerprint density at radius 3 is 2.56 bits per heavy atom. The minimum Gasteiger partial charge on any atom is -0.478 e. The van der Waals surface area contributed by atoms with Crippen LogP contribution in [0.5, 0.6) is 0 Å². The lowest BCUT2D eigenvalue weighted by Gasteiger charge is -2.39. The van der Waals surface area contributed by atoms with Gasteiger partial charge in [-0.2, -0.15) is 5.26 Å². The molecule has 3 aliphatic heterocycles. The van der Waals surface area contributed by atoms with Crippen LogP contribution in [0.15, 0.2) is 24.3 Å². The summed E-state index contributed by atoms with van der Waals surface area (Å²) in [5.41, 5.74) is 0.152. The number of ether oxygens (including phenoxy) is 1. The quantitative estimate of drug-likeness (QED) is 0.538. The second kappa shape index (κ2) is 10.8. The number of alkyl carbamates (subject to hydrolysis) is 1. The van der Waals surface area contributed by atoms with E-state index < -0.39 is 35.8 Å². The van der Waals surface area contributed by atoms with Gasteiger partial charge < -0.3 is 25.0 Å². The van der Waals surface area contributed by atoms with Crippen LogP contribution in [0.4, 0.5) is 4.79 Å². The van der Waals surface area contributed by atoms with Gasteiger partial charge in [0, 0.05) is 25.7 Å². The summed E-state index contributed by atoms with van der Waals surface area (Å²) in [4.78, 5) is 56.4. The number of carboxylic acid groups (broad SMARTS) is 1. The fourth-order valence-corrected chi connectivity index (χ4v) is 5.97. The highest BCUT2D eigenvalue weighted by atomic mass is 16.6. The Hall–Kier alpha value is -3.65. The average Bonchev–Trinajstić information content (AvgIpc) is 3.53. The van der Waals surface area contributed by atoms with Crippen molar-refractivity contribution in [2.45, 2.75) is 83.3 Å². The third kappa shape index (κ3) is 6.01. The molecular formula is C28H37N5O6. The van der Waals surface area contributed by atoms with Crippen LogP contribution in [-0.2, 0) is 14.3 Å². The minimum atomic E-state index is -1.02. The first kappa shape index (κ1) is 28.4. The molecule has 0 spiro atoms. The van der Waals surface area contributed by atoms with Crippen molar-refractivity contribution in [1.29, 1.82) is 5.26 Å². The van der Waals surface area contributed by atoms with Gasteiger partial charge in [-0.05, 0) is 64.2 Å². The molecule has 3 saturated heterocycles. The second-order valence-corrected chi connectivity index (χ2v) is 11.9. The summed E-state index contributed by atoms with van der Waals surface area (Å²) < 4.78 is 5.41. The molecule has 1 aromatic rings. The topological polar surface area (TPSA) is 143 Å². The lowest BCUT2D eigenvalue weighted by Crippen LogP contribution is -2.59. The fraction of sp³-hybridized carbons (Fsp3) is 0.607. The highest BCUT2D eigenvalue weighted by molar-refractivity contribution is 5.89. The predicted molar refractivity (Wildman–Crippen MR) is 140 cm³/mol. The molecule has 11 heteroatoms. The molecule has 4 rings (SSSR count). The summed E-state index contributed by atoms with van der Waals surface area (Å²) in [7, 11) is 0. The molecule has 0 saturated carbocycles.